The van der Waals surface area contributed by atoms with Crippen LogP contribution in [0.25, 0.3) is 11.0 Å². The zero-order valence-corrected chi connectivity index (χ0v) is 16.8. The Bertz CT molecular complexity index is 993. The van der Waals surface area contributed by atoms with Crippen LogP contribution in [-0.4, -0.2) is 70.7 Å². The van der Waals surface area contributed by atoms with Gasteiger partial charge in [0, 0.05) is 45.8 Å². The fourth-order valence-corrected chi connectivity index (χ4v) is 5.73. The summed E-state index contributed by atoms with van der Waals surface area (Å²) >= 11 is 0. The lowest BCUT2D eigenvalue weighted by Gasteiger charge is -2.43. The van der Waals surface area contributed by atoms with Crippen molar-refractivity contribution in [2.45, 2.75) is 37.6 Å². The molecule has 0 radical (unpaired) electrons. The van der Waals surface area contributed by atoms with Crippen LogP contribution < -0.4 is 4.90 Å². The molecular formula is C18H25N7O2S. The molecule has 1 spiro atoms. The van der Waals surface area contributed by atoms with E-state index in [2.05, 4.69) is 25.9 Å². The molecule has 9 nitrogen and oxygen atoms in total. The van der Waals surface area contributed by atoms with E-state index in [1.807, 2.05) is 12.3 Å². The standard InChI is InChI=1S/C18H25N7O2S/c1-23(10-4-2-3-8-19)28(26,27)25-12-11-24(13-18(25)6-7-18)17-15-5-9-20-16(15)21-14-22-17/h5,9,14H,2-4,6-7,10-13H2,1H3,(H,20,21,22). The highest BCUT2D eigenvalue weighted by molar-refractivity contribution is 7.86. The average Bonchev–Trinajstić information content (AvgIpc) is 3.26. The molecule has 28 heavy (non-hydrogen) atoms. The van der Waals surface area contributed by atoms with Crippen molar-refractivity contribution in [3.05, 3.63) is 18.6 Å². The van der Waals surface area contributed by atoms with Gasteiger partial charge >= 0.3 is 0 Å². The predicted octanol–water partition coefficient (Wildman–Crippen LogP) is 1.48. The van der Waals surface area contributed by atoms with Crippen molar-refractivity contribution < 1.29 is 8.42 Å². The highest BCUT2D eigenvalue weighted by atomic mass is 32.2. The Balaban J connectivity index is 1.49. The molecule has 1 saturated carbocycles. The molecule has 0 amide bonds. The van der Waals surface area contributed by atoms with E-state index in [4.69, 9.17) is 5.26 Å². The van der Waals surface area contributed by atoms with Gasteiger partial charge in [-0.1, -0.05) is 0 Å². The van der Waals surface area contributed by atoms with Gasteiger partial charge in [0.25, 0.3) is 10.2 Å². The molecule has 1 N–H and O–H groups in total. The van der Waals surface area contributed by atoms with Crippen LogP contribution in [0.5, 0.6) is 0 Å². The maximum absolute atomic E-state index is 13.2. The van der Waals surface area contributed by atoms with Gasteiger partial charge in [0.05, 0.1) is 17.0 Å². The van der Waals surface area contributed by atoms with Gasteiger partial charge in [0.2, 0.25) is 0 Å². The van der Waals surface area contributed by atoms with E-state index in [-0.39, 0.29) is 5.54 Å². The summed E-state index contributed by atoms with van der Waals surface area (Å²) in [4.78, 5) is 14.0. The van der Waals surface area contributed by atoms with Gasteiger partial charge in [0.1, 0.15) is 17.8 Å². The fourth-order valence-electron chi connectivity index (χ4n) is 3.99. The second-order valence-electron chi connectivity index (χ2n) is 7.60. The fraction of sp³-hybridized carbons (Fsp3) is 0.611. The first-order chi connectivity index (χ1) is 13.5. The van der Waals surface area contributed by atoms with E-state index in [1.54, 1.807) is 17.7 Å². The molecule has 2 aromatic rings. The Kier molecular flexibility index (Phi) is 4.99. The van der Waals surface area contributed by atoms with Crippen LogP contribution in [0.2, 0.25) is 0 Å². The minimum atomic E-state index is -3.51. The highest BCUT2D eigenvalue weighted by Gasteiger charge is 2.56. The number of nitrogens with one attached hydrogen (secondary N) is 1. The second kappa shape index (κ2) is 7.31. The lowest BCUT2D eigenvalue weighted by atomic mass is 10.2. The first-order valence-corrected chi connectivity index (χ1v) is 11.0. The molecule has 4 rings (SSSR count). The monoisotopic (exact) mass is 403 g/mol. The van der Waals surface area contributed by atoms with Crippen molar-refractivity contribution in [1.82, 2.24) is 23.6 Å². The van der Waals surface area contributed by atoms with Crippen LogP contribution in [0, 0.1) is 11.3 Å². The van der Waals surface area contributed by atoms with Crippen LogP contribution in [0.4, 0.5) is 5.82 Å². The number of fused-ring (bicyclic) bond motifs is 1. The Morgan fingerprint density at radius 3 is 2.89 bits per heavy atom. The molecule has 0 bridgehead atoms. The molecule has 0 aromatic carbocycles. The van der Waals surface area contributed by atoms with Gasteiger partial charge in [-0.2, -0.15) is 22.3 Å². The van der Waals surface area contributed by atoms with Crippen LogP contribution in [0.15, 0.2) is 18.6 Å². The highest BCUT2D eigenvalue weighted by Crippen LogP contribution is 2.47. The number of H-pyrrole nitrogens is 1. The number of unbranched alkanes of at least 4 members (excludes halogenated alkanes) is 2. The molecule has 0 unspecified atom stereocenters. The quantitative estimate of drug-likeness (QED) is 0.702. The molecule has 1 aliphatic carbocycles. The van der Waals surface area contributed by atoms with E-state index >= 15 is 0 Å². The summed E-state index contributed by atoms with van der Waals surface area (Å²) in [6.07, 6.45) is 7.00. The molecular weight excluding hydrogens is 378 g/mol. The van der Waals surface area contributed by atoms with Crippen molar-refractivity contribution in [1.29, 1.82) is 5.26 Å². The minimum Gasteiger partial charge on any atom is -0.353 e. The lowest BCUT2D eigenvalue weighted by Crippen LogP contribution is -2.59. The van der Waals surface area contributed by atoms with E-state index in [1.165, 1.54) is 4.31 Å². The van der Waals surface area contributed by atoms with Crippen molar-refractivity contribution in [3.8, 4) is 6.07 Å². The number of anilines is 1. The summed E-state index contributed by atoms with van der Waals surface area (Å²) in [5.74, 6) is 0.861. The third kappa shape index (κ3) is 3.34. The third-order valence-corrected chi connectivity index (χ3v) is 7.83. The zero-order valence-electron chi connectivity index (χ0n) is 16.0. The molecule has 2 aliphatic rings. The largest absolute Gasteiger partial charge is 0.353 e. The molecule has 2 aromatic heterocycles. The molecule has 150 valence electrons. The number of hydrogen-bond donors (Lipinski definition) is 1. The number of aromatic nitrogens is 3. The van der Waals surface area contributed by atoms with Gasteiger partial charge in [-0.25, -0.2) is 9.97 Å². The van der Waals surface area contributed by atoms with Crippen LogP contribution >= 0.6 is 0 Å². The normalized spacial score (nSPS) is 19.4. The topological polar surface area (TPSA) is 109 Å². The Hall–Kier alpha value is -2.22. The molecule has 1 aliphatic heterocycles. The van der Waals surface area contributed by atoms with Gasteiger partial charge in [-0.3, -0.25) is 0 Å². The van der Waals surface area contributed by atoms with Crippen molar-refractivity contribution >= 4 is 27.1 Å². The summed E-state index contributed by atoms with van der Waals surface area (Å²) in [7, 11) is -1.88. The molecule has 2 fully saturated rings. The van der Waals surface area contributed by atoms with E-state index in [0.29, 0.717) is 39.0 Å². The van der Waals surface area contributed by atoms with Gasteiger partial charge in [-0.15, -0.1) is 0 Å². The van der Waals surface area contributed by atoms with E-state index in [0.717, 1.165) is 36.1 Å². The summed E-state index contributed by atoms with van der Waals surface area (Å²) in [5, 5.41) is 9.60. The minimum absolute atomic E-state index is 0.342. The number of nitriles is 1. The summed E-state index contributed by atoms with van der Waals surface area (Å²) in [6.45, 7) is 2.13. The van der Waals surface area contributed by atoms with Crippen LogP contribution in [0.1, 0.15) is 32.1 Å². The van der Waals surface area contributed by atoms with Gasteiger partial charge in [0.15, 0.2) is 0 Å². The zero-order chi connectivity index (χ0) is 19.8. The molecule has 1 saturated heterocycles. The molecule has 3 heterocycles. The molecule has 10 heteroatoms. The molecule has 0 atom stereocenters. The Morgan fingerprint density at radius 2 is 2.14 bits per heavy atom. The van der Waals surface area contributed by atoms with E-state index < -0.39 is 10.2 Å². The van der Waals surface area contributed by atoms with Crippen molar-refractivity contribution in [2.24, 2.45) is 0 Å². The third-order valence-electron chi connectivity index (χ3n) is 5.73. The van der Waals surface area contributed by atoms with Crippen LogP contribution in [0.3, 0.4) is 0 Å². The van der Waals surface area contributed by atoms with E-state index in [9.17, 15) is 8.42 Å². The predicted molar refractivity (Wildman–Crippen MR) is 106 cm³/mol. The number of aromatic amines is 1. The number of nitrogens with zero attached hydrogens (tertiary/aromatic N) is 6. The van der Waals surface area contributed by atoms with Gasteiger partial charge < -0.3 is 9.88 Å². The summed E-state index contributed by atoms with van der Waals surface area (Å²) < 4.78 is 29.4. The maximum Gasteiger partial charge on any atom is 0.282 e. The first-order valence-electron chi connectivity index (χ1n) is 9.62. The number of hydrogen-bond acceptors (Lipinski definition) is 6. The van der Waals surface area contributed by atoms with Crippen molar-refractivity contribution in [3.63, 3.8) is 0 Å². The number of piperazine rings is 1. The first kappa shape index (κ1) is 19.1. The SMILES string of the molecule is CN(CCCCC#N)S(=O)(=O)N1CCN(c2ncnc3[nH]ccc23)CC12CC2. The summed E-state index contributed by atoms with van der Waals surface area (Å²) in [6, 6.07) is 4.06. The summed E-state index contributed by atoms with van der Waals surface area (Å²) in [5.41, 5.74) is 0.452. The second-order valence-corrected chi connectivity index (χ2v) is 9.56. The van der Waals surface area contributed by atoms with Gasteiger partial charge in [-0.05, 0) is 31.7 Å². The lowest BCUT2D eigenvalue weighted by molar-refractivity contribution is 0.250. The van der Waals surface area contributed by atoms with Crippen LogP contribution in [-0.2, 0) is 10.2 Å². The number of rotatable bonds is 7. The maximum atomic E-state index is 13.2. The Labute approximate surface area is 165 Å². The van der Waals surface area contributed by atoms with Crippen molar-refractivity contribution in [2.75, 3.05) is 38.1 Å². The smallest absolute Gasteiger partial charge is 0.282 e. The Morgan fingerprint density at radius 1 is 1.32 bits per heavy atom. The average molecular weight is 404 g/mol.